The molecule has 1 aromatic rings. The number of hydrogen-bond acceptors (Lipinski definition) is 3. The minimum atomic E-state index is 0.0434. The third kappa shape index (κ3) is 4.59. The van der Waals surface area contributed by atoms with Gasteiger partial charge in [-0.3, -0.25) is 0 Å². The molecule has 0 aromatic heterocycles. The summed E-state index contributed by atoms with van der Waals surface area (Å²) in [4.78, 5) is 0. The van der Waals surface area contributed by atoms with Crippen LogP contribution in [0.1, 0.15) is 31.9 Å². The Kier molecular flexibility index (Phi) is 6.42. The van der Waals surface area contributed by atoms with E-state index >= 15 is 0 Å². The van der Waals surface area contributed by atoms with Crippen LogP contribution in [-0.4, -0.2) is 25.9 Å². The highest BCUT2D eigenvalue weighted by atomic mass is 32.1. The molecular formula is C14H22N2O2S. The van der Waals surface area contributed by atoms with Gasteiger partial charge in [0.15, 0.2) is 5.11 Å². The van der Waals surface area contributed by atoms with E-state index in [1.165, 1.54) is 0 Å². The lowest BCUT2D eigenvalue weighted by molar-refractivity contribution is 0.395. The first kappa shape index (κ1) is 15.6. The predicted octanol–water partition coefficient (Wildman–Crippen LogP) is 2.64. The Morgan fingerprint density at radius 1 is 1.32 bits per heavy atom. The van der Waals surface area contributed by atoms with E-state index in [0.717, 1.165) is 30.0 Å². The maximum Gasteiger partial charge on any atom is 0.166 e. The lowest BCUT2D eigenvalue weighted by Gasteiger charge is -2.20. The molecule has 0 saturated carbocycles. The van der Waals surface area contributed by atoms with E-state index < -0.39 is 0 Å². The zero-order valence-electron chi connectivity index (χ0n) is 11.9. The van der Waals surface area contributed by atoms with Gasteiger partial charge in [0, 0.05) is 12.1 Å². The summed E-state index contributed by atoms with van der Waals surface area (Å²) in [7, 11) is 3.31. The van der Waals surface area contributed by atoms with Gasteiger partial charge in [-0.05, 0) is 43.8 Å². The highest BCUT2D eigenvalue weighted by Crippen LogP contribution is 2.29. The summed E-state index contributed by atoms with van der Waals surface area (Å²) in [5.41, 5.74) is 1.02. The Bertz CT molecular complexity index is 424. The highest BCUT2D eigenvalue weighted by Gasteiger charge is 2.13. The van der Waals surface area contributed by atoms with Crippen molar-refractivity contribution in [3.63, 3.8) is 0 Å². The summed E-state index contributed by atoms with van der Waals surface area (Å²) in [6, 6.07) is 5.78. The van der Waals surface area contributed by atoms with Crippen molar-refractivity contribution in [3.05, 3.63) is 23.8 Å². The summed E-state index contributed by atoms with van der Waals surface area (Å²) in [5.74, 6) is 1.62. The van der Waals surface area contributed by atoms with Crippen molar-refractivity contribution < 1.29 is 9.47 Å². The van der Waals surface area contributed by atoms with Gasteiger partial charge in [0.05, 0.1) is 20.3 Å². The van der Waals surface area contributed by atoms with Crippen LogP contribution in [0.25, 0.3) is 0 Å². The Morgan fingerprint density at radius 3 is 2.63 bits per heavy atom. The summed E-state index contributed by atoms with van der Waals surface area (Å²) in [6.45, 7) is 5.01. The average Bonchev–Trinajstić information content (AvgIpc) is 2.44. The molecule has 0 bridgehead atoms. The van der Waals surface area contributed by atoms with Crippen LogP contribution in [0.3, 0.4) is 0 Å². The van der Waals surface area contributed by atoms with Crippen LogP contribution < -0.4 is 20.1 Å². The second-order valence-corrected chi connectivity index (χ2v) is 4.64. The van der Waals surface area contributed by atoms with Crippen LogP contribution >= 0.6 is 12.2 Å². The fourth-order valence-electron chi connectivity index (χ4n) is 1.74. The minimum absolute atomic E-state index is 0.0434. The summed E-state index contributed by atoms with van der Waals surface area (Å²) in [5, 5.41) is 7.04. The van der Waals surface area contributed by atoms with Crippen LogP contribution in [0, 0.1) is 0 Å². The predicted molar refractivity (Wildman–Crippen MR) is 82.0 cm³/mol. The van der Waals surface area contributed by atoms with E-state index in [1.807, 2.05) is 25.1 Å². The molecule has 1 aromatic carbocycles. The lowest BCUT2D eigenvalue weighted by atomic mass is 10.1. The van der Waals surface area contributed by atoms with Crippen LogP contribution in [0.15, 0.2) is 18.2 Å². The standard InChI is InChI=1S/C14H22N2O2S/c1-5-8-15-14(19)16-10(2)12-9-11(17-3)6-7-13(12)18-4/h6-7,9-10H,5,8H2,1-4H3,(H2,15,16,19). The van der Waals surface area contributed by atoms with Gasteiger partial charge in [0.2, 0.25) is 0 Å². The van der Waals surface area contributed by atoms with Gasteiger partial charge in [0.25, 0.3) is 0 Å². The SMILES string of the molecule is CCCNC(=S)NC(C)c1cc(OC)ccc1OC. The normalized spacial score (nSPS) is 11.6. The highest BCUT2D eigenvalue weighted by molar-refractivity contribution is 7.80. The zero-order valence-corrected chi connectivity index (χ0v) is 12.8. The first-order valence-electron chi connectivity index (χ1n) is 6.38. The number of benzene rings is 1. The zero-order chi connectivity index (χ0) is 14.3. The van der Waals surface area contributed by atoms with E-state index in [9.17, 15) is 0 Å². The quantitative estimate of drug-likeness (QED) is 0.785. The third-order valence-electron chi connectivity index (χ3n) is 2.79. The third-order valence-corrected chi connectivity index (χ3v) is 3.05. The van der Waals surface area contributed by atoms with E-state index in [4.69, 9.17) is 21.7 Å². The largest absolute Gasteiger partial charge is 0.497 e. The fraction of sp³-hybridized carbons (Fsp3) is 0.500. The molecule has 1 atom stereocenters. The molecule has 0 fully saturated rings. The second-order valence-electron chi connectivity index (χ2n) is 4.23. The maximum absolute atomic E-state index is 5.37. The maximum atomic E-state index is 5.37. The van der Waals surface area contributed by atoms with Gasteiger partial charge in [-0.25, -0.2) is 0 Å². The number of hydrogen-bond donors (Lipinski definition) is 2. The average molecular weight is 282 g/mol. The Labute approximate surface area is 120 Å². The molecule has 0 aliphatic rings. The summed E-state index contributed by atoms with van der Waals surface area (Å²) in [6.07, 6.45) is 1.04. The van der Waals surface area contributed by atoms with Crippen molar-refractivity contribution in [3.8, 4) is 11.5 Å². The molecule has 0 radical (unpaired) electrons. The van der Waals surface area contributed by atoms with Gasteiger partial charge in [-0.15, -0.1) is 0 Å². The van der Waals surface area contributed by atoms with E-state index in [2.05, 4.69) is 17.6 Å². The van der Waals surface area contributed by atoms with Crippen molar-refractivity contribution in [1.82, 2.24) is 10.6 Å². The number of rotatable bonds is 6. The monoisotopic (exact) mass is 282 g/mol. The molecule has 1 unspecified atom stereocenters. The lowest BCUT2D eigenvalue weighted by Crippen LogP contribution is -2.37. The Morgan fingerprint density at radius 2 is 2.05 bits per heavy atom. The van der Waals surface area contributed by atoms with Crippen LogP contribution in [0.5, 0.6) is 11.5 Å². The molecule has 106 valence electrons. The molecule has 0 aliphatic heterocycles. The molecule has 4 nitrogen and oxygen atoms in total. The molecule has 0 aliphatic carbocycles. The van der Waals surface area contributed by atoms with Gasteiger partial charge in [-0.1, -0.05) is 6.92 Å². The molecule has 0 heterocycles. The second kappa shape index (κ2) is 7.84. The molecule has 0 saturated heterocycles. The number of ether oxygens (including phenoxy) is 2. The van der Waals surface area contributed by atoms with Crippen LogP contribution in [0.4, 0.5) is 0 Å². The molecule has 5 heteroatoms. The molecule has 0 amide bonds. The topological polar surface area (TPSA) is 42.5 Å². The smallest absolute Gasteiger partial charge is 0.166 e. The number of methoxy groups -OCH3 is 2. The van der Waals surface area contributed by atoms with Gasteiger partial charge in [-0.2, -0.15) is 0 Å². The van der Waals surface area contributed by atoms with E-state index in [-0.39, 0.29) is 6.04 Å². The van der Waals surface area contributed by atoms with Crippen LogP contribution in [-0.2, 0) is 0 Å². The molecular weight excluding hydrogens is 260 g/mol. The first-order valence-corrected chi connectivity index (χ1v) is 6.79. The molecule has 0 spiro atoms. The Hall–Kier alpha value is -1.49. The van der Waals surface area contributed by atoms with Crippen molar-refractivity contribution >= 4 is 17.3 Å². The van der Waals surface area contributed by atoms with Crippen molar-refractivity contribution in [2.75, 3.05) is 20.8 Å². The van der Waals surface area contributed by atoms with E-state index in [1.54, 1.807) is 14.2 Å². The van der Waals surface area contributed by atoms with Crippen LogP contribution in [0.2, 0.25) is 0 Å². The summed E-state index contributed by atoms with van der Waals surface area (Å²) < 4.78 is 10.6. The molecule has 19 heavy (non-hydrogen) atoms. The molecule has 2 N–H and O–H groups in total. The number of nitrogens with one attached hydrogen (secondary N) is 2. The van der Waals surface area contributed by atoms with Crippen molar-refractivity contribution in [1.29, 1.82) is 0 Å². The summed E-state index contributed by atoms with van der Waals surface area (Å²) >= 11 is 5.24. The molecule has 1 rings (SSSR count). The van der Waals surface area contributed by atoms with Gasteiger partial charge in [0.1, 0.15) is 11.5 Å². The van der Waals surface area contributed by atoms with Crippen molar-refractivity contribution in [2.45, 2.75) is 26.3 Å². The van der Waals surface area contributed by atoms with Crippen molar-refractivity contribution in [2.24, 2.45) is 0 Å². The van der Waals surface area contributed by atoms with Gasteiger partial charge < -0.3 is 20.1 Å². The van der Waals surface area contributed by atoms with E-state index in [0.29, 0.717) is 5.11 Å². The number of thiocarbonyl (C=S) groups is 1. The Balaban J connectivity index is 2.79. The first-order chi connectivity index (χ1) is 9.12. The fourth-order valence-corrected chi connectivity index (χ4v) is 2.02. The van der Waals surface area contributed by atoms with Gasteiger partial charge >= 0.3 is 0 Å². The minimum Gasteiger partial charge on any atom is -0.497 e.